The van der Waals surface area contributed by atoms with E-state index in [2.05, 4.69) is 26.0 Å². The summed E-state index contributed by atoms with van der Waals surface area (Å²) in [6.45, 7) is 3.26. The largest absolute Gasteiger partial charge is 0.434 e. The Morgan fingerprint density at radius 2 is 2.00 bits per heavy atom. The van der Waals surface area contributed by atoms with E-state index >= 15 is 0 Å². The highest BCUT2D eigenvalue weighted by atomic mass is 79.9. The molecule has 0 heterocycles. The summed E-state index contributed by atoms with van der Waals surface area (Å²) in [6.07, 6.45) is 2.21. The number of unbranched alkanes of at least 4 members (excludes halogenated alkanes) is 1. The van der Waals surface area contributed by atoms with E-state index in [-0.39, 0.29) is 11.9 Å². The average molecular weight is 366 g/mol. The lowest BCUT2D eigenvalue weighted by molar-refractivity contribution is -0.0505. The van der Waals surface area contributed by atoms with Gasteiger partial charge in [0.25, 0.3) is 0 Å². The standard InChI is InChI=1S/C15H22BrF2NO2/c1-11(2)20-8-4-3-7-19-10-12-9-13(16)5-6-14(12)21-15(17)18/h5-6,9,11,15,19H,3-4,7-8,10H2,1-2H3. The Balaban J connectivity index is 2.32. The van der Waals surface area contributed by atoms with Gasteiger partial charge in [0, 0.05) is 23.2 Å². The Hall–Kier alpha value is -0.720. The Kier molecular flexibility index (Phi) is 8.80. The summed E-state index contributed by atoms with van der Waals surface area (Å²) in [7, 11) is 0. The Labute approximate surface area is 133 Å². The van der Waals surface area contributed by atoms with Gasteiger partial charge < -0.3 is 14.8 Å². The maximum Gasteiger partial charge on any atom is 0.387 e. The first-order valence-electron chi connectivity index (χ1n) is 7.04. The van der Waals surface area contributed by atoms with E-state index in [9.17, 15) is 8.78 Å². The second-order valence-corrected chi connectivity index (χ2v) is 5.85. The zero-order chi connectivity index (χ0) is 15.7. The predicted octanol–water partition coefficient (Wildman–Crippen LogP) is 4.35. The van der Waals surface area contributed by atoms with Crippen LogP contribution in [0, 0.1) is 0 Å². The number of hydrogen-bond acceptors (Lipinski definition) is 3. The Morgan fingerprint density at radius 1 is 1.24 bits per heavy atom. The smallest absolute Gasteiger partial charge is 0.387 e. The number of rotatable bonds is 10. The summed E-state index contributed by atoms with van der Waals surface area (Å²) >= 11 is 3.33. The van der Waals surface area contributed by atoms with Crippen molar-refractivity contribution < 1.29 is 18.3 Å². The number of ether oxygens (including phenoxy) is 2. The van der Waals surface area contributed by atoms with Gasteiger partial charge in [-0.3, -0.25) is 0 Å². The number of benzene rings is 1. The summed E-state index contributed by atoms with van der Waals surface area (Å²) in [5.74, 6) is 0.212. The second-order valence-electron chi connectivity index (χ2n) is 4.93. The molecule has 0 spiro atoms. The van der Waals surface area contributed by atoms with Gasteiger partial charge in [-0.2, -0.15) is 8.78 Å². The van der Waals surface area contributed by atoms with Gasteiger partial charge in [-0.1, -0.05) is 15.9 Å². The summed E-state index contributed by atoms with van der Waals surface area (Å²) in [6, 6.07) is 5.01. The van der Waals surface area contributed by atoms with Crippen LogP contribution in [0.25, 0.3) is 0 Å². The third-order valence-corrected chi connectivity index (χ3v) is 3.25. The second kappa shape index (κ2) is 10.1. The fourth-order valence-electron chi connectivity index (χ4n) is 1.79. The van der Waals surface area contributed by atoms with Crippen LogP contribution in [0.15, 0.2) is 22.7 Å². The predicted molar refractivity (Wildman–Crippen MR) is 82.8 cm³/mol. The van der Waals surface area contributed by atoms with Gasteiger partial charge in [-0.15, -0.1) is 0 Å². The summed E-state index contributed by atoms with van der Waals surface area (Å²) in [5, 5.41) is 3.23. The molecule has 21 heavy (non-hydrogen) atoms. The molecule has 0 fully saturated rings. The molecule has 1 aromatic rings. The van der Waals surface area contributed by atoms with Crippen molar-refractivity contribution in [1.29, 1.82) is 0 Å². The van der Waals surface area contributed by atoms with Gasteiger partial charge in [0.05, 0.1) is 6.10 Å². The van der Waals surface area contributed by atoms with Crippen LogP contribution < -0.4 is 10.1 Å². The molecule has 0 aliphatic carbocycles. The van der Waals surface area contributed by atoms with Crippen LogP contribution in [0.2, 0.25) is 0 Å². The maximum absolute atomic E-state index is 12.3. The fraction of sp³-hybridized carbons (Fsp3) is 0.600. The first kappa shape index (κ1) is 18.3. The molecule has 0 aliphatic heterocycles. The molecule has 0 amide bonds. The molecule has 0 radical (unpaired) electrons. The van der Waals surface area contributed by atoms with E-state index in [1.807, 2.05) is 13.8 Å². The number of alkyl halides is 2. The van der Waals surface area contributed by atoms with Gasteiger partial charge in [-0.05, 0) is 51.4 Å². The lowest BCUT2D eigenvalue weighted by Crippen LogP contribution is -2.17. The summed E-state index contributed by atoms with van der Waals surface area (Å²) < 4.78 is 35.4. The third-order valence-electron chi connectivity index (χ3n) is 2.75. The summed E-state index contributed by atoms with van der Waals surface area (Å²) in [5.41, 5.74) is 0.711. The van der Waals surface area contributed by atoms with Crippen molar-refractivity contribution in [3.8, 4) is 5.75 Å². The van der Waals surface area contributed by atoms with E-state index in [1.54, 1.807) is 18.2 Å². The van der Waals surface area contributed by atoms with Gasteiger partial charge in [0.2, 0.25) is 0 Å². The highest BCUT2D eigenvalue weighted by Crippen LogP contribution is 2.24. The van der Waals surface area contributed by atoms with E-state index < -0.39 is 6.61 Å². The van der Waals surface area contributed by atoms with Gasteiger partial charge >= 0.3 is 6.61 Å². The van der Waals surface area contributed by atoms with Crippen molar-refractivity contribution in [3.05, 3.63) is 28.2 Å². The van der Waals surface area contributed by atoms with E-state index in [0.29, 0.717) is 12.1 Å². The van der Waals surface area contributed by atoms with Crippen LogP contribution >= 0.6 is 15.9 Å². The maximum atomic E-state index is 12.3. The minimum absolute atomic E-state index is 0.212. The normalized spacial score (nSPS) is 11.4. The van der Waals surface area contributed by atoms with Crippen LogP contribution in [-0.2, 0) is 11.3 Å². The van der Waals surface area contributed by atoms with Crippen LogP contribution in [0.5, 0.6) is 5.75 Å². The first-order chi connectivity index (χ1) is 9.99. The van der Waals surface area contributed by atoms with Crippen molar-refractivity contribution in [2.75, 3.05) is 13.2 Å². The van der Waals surface area contributed by atoms with E-state index in [1.165, 1.54) is 0 Å². The van der Waals surface area contributed by atoms with Crippen molar-refractivity contribution in [2.45, 2.75) is 45.9 Å². The number of hydrogen-bond donors (Lipinski definition) is 1. The molecule has 0 bridgehead atoms. The summed E-state index contributed by atoms with van der Waals surface area (Å²) in [4.78, 5) is 0. The van der Waals surface area contributed by atoms with Gasteiger partial charge in [0.1, 0.15) is 5.75 Å². The molecule has 120 valence electrons. The first-order valence-corrected chi connectivity index (χ1v) is 7.84. The van der Waals surface area contributed by atoms with Crippen molar-refractivity contribution in [2.24, 2.45) is 0 Å². The minimum Gasteiger partial charge on any atom is -0.434 e. The third kappa shape index (κ3) is 8.34. The molecule has 0 aromatic heterocycles. The average Bonchev–Trinajstić information content (AvgIpc) is 2.39. The van der Waals surface area contributed by atoms with E-state index in [4.69, 9.17) is 4.74 Å². The molecule has 0 atom stereocenters. The Morgan fingerprint density at radius 3 is 2.67 bits per heavy atom. The number of halogens is 3. The van der Waals surface area contributed by atoms with Gasteiger partial charge in [0.15, 0.2) is 0 Å². The highest BCUT2D eigenvalue weighted by molar-refractivity contribution is 9.10. The van der Waals surface area contributed by atoms with Crippen LogP contribution in [-0.4, -0.2) is 25.9 Å². The molecule has 0 saturated heterocycles. The lowest BCUT2D eigenvalue weighted by atomic mass is 10.2. The molecular formula is C15H22BrF2NO2. The topological polar surface area (TPSA) is 30.5 Å². The number of nitrogens with one attached hydrogen (secondary N) is 1. The monoisotopic (exact) mass is 365 g/mol. The molecular weight excluding hydrogens is 344 g/mol. The zero-order valence-electron chi connectivity index (χ0n) is 12.4. The van der Waals surface area contributed by atoms with Crippen molar-refractivity contribution in [3.63, 3.8) is 0 Å². The molecule has 1 rings (SSSR count). The van der Waals surface area contributed by atoms with Crippen LogP contribution in [0.3, 0.4) is 0 Å². The molecule has 0 saturated carbocycles. The zero-order valence-corrected chi connectivity index (χ0v) is 14.0. The Bertz CT molecular complexity index is 417. The lowest BCUT2D eigenvalue weighted by Gasteiger charge is -2.12. The van der Waals surface area contributed by atoms with Crippen LogP contribution in [0.4, 0.5) is 8.78 Å². The molecule has 0 unspecified atom stereocenters. The van der Waals surface area contributed by atoms with Gasteiger partial charge in [-0.25, -0.2) is 0 Å². The molecule has 6 heteroatoms. The van der Waals surface area contributed by atoms with Crippen LogP contribution in [0.1, 0.15) is 32.3 Å². The van der Waals surface area contributed by atoms with E-state index in [0.717, 1.165) is 30.5 Å². The van der Waals surface area contributed by atoms with Crippen molar-refractivity contribution >= 4 is 15.9 Å². The molecule has 1 aromatic carbocycles. The fourth-order valence-corrected chi connectivity index (χ4v) is 2.20. The highest BCUT2D eigenvalue weighted by Gasteiger charge is 2.09. The molecule has 3 nitrogen and oxygen atoms in total. The minimum atomic E-state index is -2.81. The van der Waals surface area contributed by atoms with Crippen molar-refractivity contribution in [1.82, 2.24) is 5.32 Å². The molecule has 1 N–H and O–H groups in total. The SMILES string of the molecule is CC(C)OCCCCNCc1cc(Br)ccc1OC(F)F. The molecule has 0 aliphatic rings. The quantitative estimate of drug-likeness (QED) is 0.625.